The Balaban J connectivity index is 1.82. The molecule has 2 rings (SSSR count). The standard InChI is InChI=1S/C17H23NO3/c1-3-20-16-11-7-10-15(12-16)18(2)17(19)21-13-14-8-5-4-6-9-14/h3-6,8-9,15-16H,1,7,10-13H2,2H3/t15-,16+/m1/s1. The quantitative estimate of drug-likeness (QED) is 0.775. The summed E-state index contributed by atoms with van der Waals surface area (Å²) in [7, 11) is 1.80. The lowest BCUT2D eigenvalue weighted by atomic mass is 9.92. The summed E-state index contributed by atoms with van der Waals surface area (Å²) in [5, 5.41) is 0. The number of amides is 1. The van der Waals surface area contributed by atoms with Crippen molar-refractivity contribution in [1.29, 1.82) is 0 Å². The molecule has 0 saturated heterocycles. The van der Waals surface area contributed by atoms with Gasteiger partial charge in [0, 0.05) is 19.5 Å². The van der Waals surface area contributed by atoms with E-state index in [0.29, 0.717) is 6.61 Å². The Labute approximate surface area is 126 Å². The topological polar surface area (TPSA) is 38.8 Å². The summed E-state index contributed by atoms with van der Waals surface area (Å²) in [6, 6.07) is 9.88. The van der Waals surface area contributed by atoms with E-state index in [1.807, 2.05) is 30.3 Å². The minimum absolute atomic E-state index is 0.158. The van der Waals surface area contributed by atoms with Crippen molar-refractivity contribution in [3.8, 4) is 0 Å². The molecule has 21 heavy (non-hydrogen) atoms. The summed E-state index contributed by atoms with van der Waals surface area (Å²) in [5.41, 5.74) is 0.996. The number of rotatable bonds is 5. The molecule has 1 aliphatic rings. The summed E-state index contributed by atoms with van der Waals surface area (Å²) in [6.45, 7) is 3.90. The van der Waals surface area contributed by atoms with E-state index in [1.54, 1.807) is 11.9 Å². The lowest BCUT2D eigenvalue weighted by Crippen LogP contribution is -2.41. The van der Waals surface area contributed by atoms with Crippen molar-refractivity contribution in [1.82, 2.24) is 4.90 Å². The molecule has 0 radical (unpaired) electrons. The molecule has 0 aromatic heterocycles. The molecule has 1 aromatic rings. The van der Waals surface area contributed by atoms with Crippen molar-refractivity contribution in [2.45, 2.75) is 44.4 Å². The Bertz CT molecular complexity index is 460. The summed E-state index contributed by atoms with van der Waals surface area (Å²) >= 11 is 0. The zero-order chi connectivity index (χ0) is 15.1. The second-order valence-corrected chi connectivity index (χ2v) is 5.40. The van der Waals surface area contributed by atoms with Gasteiger partial charge in [-0.05, 0) is 24.8 Å². The van der Waals surface area contributed by atoms with Gasteiger partial charge in [0.05, 0.1) is 12.4 Å². The maximum atomic E-state index is 12.1. The molecule has 0 spiro atoms. The van der Waals surface area contributed by atoms with E-state index in [0.717, 1.165) is 31.2 Å². The van der Waals surface area contributed by atoms with Crippen molar-refractivity contribution < 1.29 is 14.3 Å². The Morgan fingerprint density at radius 2 is 2.14 bits per heavy atom. The first-order valence-corrected chi connectivity index (χ1v) is 7.40. The lowest BCUT2D eigenvalue weighted by Gasteiger charge is -2.34. The van der Waals surface area contributed by atoms with Crippen LogP contribution in [0.2, 0.25) is 0 Å². The van der Waals surface area contributed by atoms with Gasteiger partial charge < -0.3 is 14.4 Å². The van der Waals surface area contributed by atoms with Crippen molar-refractivity contribution in [3.05, 3.63) is 48.7 Å². The van der Waals surface area contributed by atoms with Crippen molar-refractivity contribution >= 4 is 6.09 Å². The van der Waals surface area contributed by atoms with E-state index in [-0.39, 0.29) is 18.2 Å². The van der Waals surface area contributed by atoms with Crippen LogP contribution in [-0.2, 0) is 16.1 Å². The normalized spacial score (nSPS) is 21.4. The zero-order valence-electron chi connectivity index (χ0n) is 12.5. The molecule has 4 heteroatoms. The molecule has 1 amide bonds. The predicted molar refractivity (Wildman–Crippen MR) is 81.7 cm³/mol. The van der Waals surface area contributed by atoms with Crippen LogP contribution in [0.4, 0.5) is 4.79 Å². The molecule has 0 bridgehead atoms. The largest absolute Gasteiger partial charge is 0.499 e. The Morgan fingerprint density at radius 3 is 2.86 bits per heavy atom. The van der Waals surface area contributed by atoms with E-state index < -0.39 is 0 Å². The van der Waals surface area contributed by atoms with Gasteiger partial charge in [-0.2, -0.15) is 0 Å². The fourth-order valence-electron chi connectivity index (χ4n) is 2.70. The first kappa shape index (κ1) is 15.4. The van der Waals surface area contributed by atoms with E-state index in [4.69, 9.17) is 9.47 Å². The molecule has 1 aliphatic carbocycles. The van der Waals surface area contributed by atoms with Crippen LogP contribution in [0.25, 0.3) is 0 Å². The van der Waals surface area contributed by atoms with Gasteiger partial charge in [0.15, 0.2) is 0 Å². The van der Waals surface area contributed by atoms with Gasteiger partial charge >= 0.3 is 6.09 Å². The predicted octanol–water partition coefficient (Wildman–Crippen LogP) is 3.73. The van der Waals surface area contributed by atoms with Gasteiger partial charge in [-0.1, -0.05) is 36.9 Å². The van der Waals surface area contributed by atoms with Crippen LogP contribution >= 0.6 is 0 Å². The van der Waals surface area contributed by atoms with E-state index in [9.17, 15) is 4.79 Å². The van der Waals surface area contributed by atoms with Crippen LogP contribution < -0.4 is 0 Å². The second-order valence-electron chi connectivity index (χ2n) is 5.40. The zero-order valence-corrected chi connectivity index (χ0v) is 12.5. The molecule has 1 fully saturated rings. The number of carbonyl (C=O) groups excluding carboxylic acids is 1. The van der Waals surface area contributed by atoms with Gasteiger partial charge in [-0.25, -0.2) is 4.79 Å². The minimum atomic E-state index is -0.275. The Hall–Kier alpha value is -1.97. The molecular formula is C17H23NO3. The number of benzene rings is 1. The van der Waals surface area contributed by atoms with Gasteiger partial charge in [0.2, 0.25) is 0 Å². The number of nitrogens with zero attached hydrogens (tertiary/aromatic N) is 1. The molecule has 4 nitrogen and oxygen atoms in total. The van der Waals surface area contributed by atoms with Crippen LogP contribution in [0.15, 0.2) is 43.2 Å². The minimum Gasteiger partial charge on any atom is -0.499 e. The van der Waals surface area contributed by atoms with Crippen LogP contribution in [0, 0.1) is 0 Å². The molecule has 1 aromatic carbocycles. The fraction of sp³-hybridized carbons (Fsp3) is 0.471. The van der Waals surface area contributed by atoms with Crippen molar-refractivity contribution in [3.63, 3.8) is 0 Å². The number of hydrogen-bond donors (Lipinski definition) is 0. The van der Waals surface area contributed by atoms with Crippen LogP contribution in [0.1, 0.15) is 31.2 Å². The first-order chi connectivity index (χ1) is 10.2. The van der Waals surface area contributed by atoms with E-state index in [1.165, 1.54) is 6.26 Å². The van der Waals surface area contributed by atoms with Gasteiger partial charge in [0.25, 0.3) is 0 Å². The van der Waals surface area contributed by atoms with Gasteiger partial charge in [-0.3, -0.25) is 0 Å². The first-order valence-electron chi connectivity index (χ1n) is 7.40. The number of hydrogen-bond acceptors (Lipinski definition) is 3. The molecule has 0 N–H and O–H groups in total. The molecule has 0 aliphatic heterocycles. The maximum Gasteiger partial charge on any atom is 0.410 e. The maximum absolute atomic E-state index is 12.1. The van der Waals surface area contributed by atoms with E-state index in [2.05, 4.69) is 6.58 Å². The number of ether oxygens (including phenoxy) is 2. The Kier molecular flexibility index (Phi) is 5.67. The smallest absolute Gasteiger partial charge is 0.410 e. The molecule has 2 atom stereocenters. The third kappa shape index (κ3) is 4.52. The highest BCUT2D eigenvalue weighted by Gasteiger charge is 2.28. The molecule has 1 saturated carbocycles. The summed E-state index contributed by atoms with van der Waals surface area (Å²) in [4.78, 5) is 13.8. The molecular weight excluding hydrogens is 266 g/mol. The molecule has 114 valence electrons. The second kappa shape index (κ2) is 7.72. The fourth-order valence-corrected chi connectivity index (χ4v) is 2.70. The van der Waals surface area contributed by atoms with Crippen molar-refractivity contribution in [2.24, 2.45) is 0 Å². The van der Waals surface area contributed by atoms with Crippen LogP contribution in [-0.4, -0.2) is 30.2 Å². The average molecular weight is 289 g/mol. The molecule has 0 unspecified atom stereocenters. The van der Waals surface area contributed by atoms with Crippen molar-refractivity contribution in [2.75, 3.05) is 7.05 Å². The summed E-state index contributed by atoms with van der Waals surface area (Å²) in [5.74, 6) is 0. The third-order valence-electron chi connectivity index (χ3n) is 3.93. The molecule has 0 heterocycles. The van der Waals surface area contributed by atoms with E-state index >= 15 is 0 Å². The monoisotopic (exact) mass is 289 g/mol. The summed E-state index contributed by atoms with van der Waals surface area (Å²) < 4.78 is 10.8. The average Bonchev–Trinajstić information content (AvgIpc) is 2.53. The highest BCUT2D eigenvalue weighted by atomic mass is 16.6. The SMILES string of the molecule is C=CO[C@H]1CCC[C@@H](N(C)C(=O)OCc2ccccc2)C1. The highest BCUT2D eigenvalue weighted by Crippen LogP contribution is 2.25. The number of carbonyl (C=O) groups is 1. The van der Waals surface area contributed by atoms with Crippen LogP contribution in [0.5, 0.6) is 0 Å². The van der Waals surface area contributed by atoms with Crippen LogP contribution in [0.3, 0.4) is 0 Å². The van der Waals surface area contributed by atoms with Gasteiger partial charge in [-0.15, -0.1) is 0 Å². The van der Waals surface area contributed by atoms with Gasteiger partial charge in [0.1, 0.15) is 6.61 Å². The highest BCUT2D eigenvalue weighted by molar-refractivity contribution is 5.67. The lowest BCUT2D eigenvalue weighted by molar-refractivity contribution is 0.0451. The Morgan fingerprint density at radius 1 is 1.38 bits per heavy atom. The third-order valence-corrected chi connectivity index (χ3v) is 3.93. The summed E-state index contributed by atoms with van der Waals surface area (Å²) in [6.07, 6.45) is 5.28.